The van der Waals surface area contributed by atoms with Crippen molar-refractivity contribution in [2.45, 2.75) is 85.3 Å². The molecule has 0 bridgehead atoms. The fourth-order valence-electron chi connectivity index (χ4n) is 4.89. The fraction of sp³-hybridized carbons (Fsp3) is 0.469. The molecule has 0 spiro atoms. The Balaban J connectivity index is 1.63. The lowest BCUT2D eigenvalue weighted by Gasteiger charge is -2.36. The average molecular weight is 611 g/mol. The highest BCUT2D eigenvalue weighted by Gasteiger charge is 2.45. The van der Waals surface area contributed by atoms with Gasteiger partial charge < -0.3 is 15.0 Å². The number of nitrogens with zero attached hydrogens (tertiary/aromatic N) is 2. The van der Waals surface area contributed by atoms with Crippen molar-refractivity contribution in [2.24, 2.45) is 5.41 Å². The zero-order chi connectivity index (χ0) is 29.5. The molecule has 1 heterocycles. The summed E-state index contributed by atoms with van der Waals surface area (Å²) in [6.07, 6.45) is 4.61. The van der Waals surface area contributed by atoms with E-state index in [2.05, 4.69) is 21.2 Å². The number of rotatable bonds is 6. The molecule has 1 fully saturated rings. The molecule has 40 heavy (non-hydrogen) atoms. The minimum Gasteiger partial charge on any atom is -0.444 e. The van der Waals surface area contributed by atoms with E-state index in [-0.39, 0.29) is 17.4 Å². The summed E-state index contributed by atoms with van der Waals surface area (Å²) in [5, 5.41) is 3.07. The molecule has 2 aromatic carbocycles. The first kappa shape index (κ1) is 29.8. The Hall–Kier alpha value is -3.13. The molecule has 2 aromatic rings. The van der Waals surface area contributed by atoms with Gasteiger partial charge in [-0.15, -0.1) is 0 Å². The van der Waals surface area contributed by atoms with Crippen LogP contribution in [0.1, 0.15) is 71.9 Å². The number of amides is 3. The number of aryl methyl sites for hydroxylation is 1. The highest BCUT2D eigenvalue weighted by molar-refractivity contribution is 9.10. The Labute approximate surface area is 246 Å². The summed E-state index contributed by atoms with van der Waals surface area (Å²) in [5.74, 6) is -0.478. The van der Waals surface area contributed by atoms with E-state index in [9.17, 15) is 14.4 Å². The van der Waals surface area contributed by atoms with Crippen LogP contribution in [0.3, 0.4) is 0 Å². The summed E-state index contributed by atoms with van der Waals surface area (Å²) in [7, 11) is 0. The second-order valence-corrected chi connectivity index (χ2v) is 13.8. The van der Waals surface area contributed by atoms with E-state index >= 15 is 0 Å². The summed E-state index contributed by atoms with van der Waals surface area (Å²) in [4.78, 5) is 42.6. The minimum absolute atomic E-state index is 0.182. The Morgan fingerprint density at radius 1 is 1.05 bits per heavy atom. The zero-order valence-corrected chi connectivity index (χ0v) is 26.1. The minimum atomic E-state index is -0.662. The third-order valence-electron chi connectivity index (χ3n) is 7.04. The third kappa shape index (κ3) is 6.95. The maximum Gasteiger partial charge on any atom is 0.408 e. The Kier molecular flexibility index (Phi) is 8.23. The Bertz CT molecular complexity index is 1330. The molecule has 1 N–H and O–H groups in total. The monoisotopic (exact) mass is 609 g/mol. The fourth-order valence-corrected chi connectivity index (χ4v) is 5.37. The quantitative estimate of drug-likeness (QED) is 0.375. The van der Waals surface area contributed by atoms with Gasteiger partial charge in [0.25, 0.3) is 5.91 Å². The molecule has 3 amide bonds. The highest BCUT2D eigenvalue weighted by Crippen LogP contribution is 2.40. The van der Waals surface area contributed by atoms with Crippen LogP contribution in [0.5, 0.6) is 0 Å². The smallest absolute Gasteiger partial charge is 0.408 e. The van der Waals surface area contributed by atoms with Crippen molar-refractivity contribution in [3.63, 3.8) is 0 Å². The second kappa shape index (κ2) is 11.0. The molecule has 1 saturated carbocycles. The molecule has 0 unspecified atom stereocenters. The molecule has 0 aromatic heterocycles. The molecule has 0 atom stereocenters. The zero-order valence-electron chi connectivity index (χ0n) is 24.6. The van der Waals surface area contributed by atoms with Crippen LogP contribution in [0.15, 0.2) is 58.7 Å². The predicted molar refractivity (Wildman–Crippen MR) is 161 cm³/mol. The van der Waals surface area contributed by atoms with Gasteiger partial charge in [-0.3, -0.25) is 14.5 Å². The summed E-state index contributed by atoms with van der Waals surface area (Å²) in [5.41, 5.74) is 2.73. The van der Waals surface area contributed by atoms with E-state index < -0.39 is 17.1 Å². The predicted octanol–water partition coefficient (Wildman–Crippen LogP) is 7.18. The normalized spacial score (nSPS) is 16.8. The number of carbonyl (C=O) groups excluding carboxylic acids is 3. The van der Waals surface area contributed by atoms with Gasteiger partial charge in [-0.1, -0.05) is 54.9 Å². The van der Waals surface area contributed by atoms with Gasteiger partial charge in [0.15, 0.2) is 0 Å². The molecular formula is C32H40BrN3O4. The highest BCUT2D eigenvalue weighted by atomic mass is 79.9. The van der Waals surface area contributed by atoms with Crippen LogP contribution >= 0.6 is 15.9 Å². The number of anilines is 2. The van der Waals surface area contributed by atoms with E-state index in [1.54, 1.807) is 0 Å². The van der Waals surface area contributed by atoms with Crippen LogP contribution in [-0.2, 0) is 20.7 Å². The lowest BCUT2D eigenvalue weighted by Crippen LogP contribution is -2.48. The molecule has 2 aliphatic rings. The number of carbonyl (C=O) groups is 3. The number of nitrogens with one attached hydrogen (secondary N) is 1. The van der Waals surface area contributed by atoms with Crippen LogP contribution in [-0.4, -0.2) is 40.5 Å². The van der Waals surface area contributed by atoms with Crippen LogP contribution < -0.4 is 10.2 Å². The van der Waals surface area contributed by atoms with Crippen LogP contribution in [0.4, 0.5) is 16.2 Å². The Morgan fingerprint density at radius 2 is 1.70 bits per heavy atom. The molecular weight excluding hydrogens is 570 g/mol. The van der Waals surface area contributed by atoms with Gasteiger partial charge in [0, 0.05) is 33.3 Å². The van der Waals surface area contributed by atoms with Gasteiger partial charge in [0.1, 0.15) is 11.3 Å². The van der Waals surface area contributed by atoms with Crippen LogP contribution in [0.2, 0.25) is 0 Å². The van der Waals surface area contributed by atoms with Crippen LogP contribution in [0, 0.1) is 12.3 Å². The topological polar surface area (TPSA) is 79.0 Å². The van der Waals surface area contributed by atoms with Crippen molar-refractivity contribution < 1.29 is 19.1 Å². The van der Waals surface area contributed by atoms with Crippen LogP contribution in [0.25, 0.3) is 0 Å². The van der Waals surface area contributed by atoms with Gasteiger partial charge in [-0.2, -0.15) is 0 Å². The number of hydrogen-bond acceptors (Lipinski definition) is 5. The van der Waals surface area contributed by atoms with E-state index in [1.165, 1.54) is 4.90 Å². The largest absolute Gasteiger partial charge is 0.444 e. The SMILES string of the molecule is Cc1cc(Br)ccc1N(C1=CCCN(C(=O)C(C)(C)C)C1=O)c1ccc(CC2(NC(=O)OC(C)(C)C)CC2)cc1. The molecule has 0 radical (unpaired) electrons. The van der Waals surface area contributed by atoms with E-state index in [1.807, 2.05) is 102 Å². The lowest BCUT2D eigenvalue weighted by atomic mass is 9.93. The van der Waals surface area contributed by atoms with Gasteiger partial charge in [-0.05, 0) is 94.8 Å². The van der Waals surface area contributed by atoms with Gasteiger partial charge >= 0.3 is 6.09 Å². The maximum atomic E-state index is 13.8. The van der Waals surface area contributed by atoms with E-state index in [4.69, 9.17) is 4.74 Å². The van der Waals surface area contributed by atoms with Gasteiger partial charge in [-0.25, -0.2) is 4.79 Å². The molecule has 214 valence electrons. The molecule has 0 saturated heterocycles. The van der Waals surface area contributed by atoms with Crippen molar-refractivity contribution in [2.75, 3.05) is 11.4 Å². The number of benzene rings is 2. The first-order valence-electron chi connectivity index (χ1n) is 13.8. The molecule has 7 nitrogen and oxygen atoms in total. The number of ether oxygens (including phenoxy) is 1. The van der Waals surface area contributed by atoms with Crippen molar-refractivity contribution in [3.8, 4) is 0 Å². The number of imide groups is 1. The molecule has 4 rings (SSSR count). The molecule has 1 aliphatic heterocycles. The lowest BCUT2D eigenvalue weighted by molar-refractivity contribution is -0.148. The van der Waals surface area contributed by atoms with E-state index in [0.717, 1.165) is 39.8 Å². The van der Waals surface area contributed by atoms with Gasteiger partial charge in [0.2, 0.25) is 5.91 Å². The first-order valence-corrected chi connectivity index (χ1v) is 14.6. The Morgan fingerprint density at radius 3 is 2.25 bits per heavy atom. The molecule has 1 aliphatic carbocycles. The molecule has 8 heteroatoms. The average Bonchev–Trinajstić information content (AvgIpc) is 3.58. The third-order valence-corrected chi connectivity index (χ3v) is 7.53. The maximum absolute atomic E-state index is 13.8. The van der Waals surface area contributed by atoms with E-state index in [0.29, 0.717) is 25.1 Å². The summed E-state index contributed by atoms with van der Waals surface area (Å²) in [6, 6.07) is 14.0. The van der Waals surface area contributed by atoms with Crippen molar-refractivity contribution in [1.29, 1.82) is 0 Å². The van der Waals surface area contributed by atoms with Crippen molar-refractivity contribution >= 4 is 45.2 Å². The van der Waals surface area contributed by atoms with Crippen molar-refractivity contribution in [3.05, 3.63) is 69.8 Å². The number of alkyl carbamates (subject to hydrolysis) is 1. The summed E-state index contributed by atoms with van der Waals surface area (Å²) >= 11 is 3.54. The first-order chi connectivity index (χ1) is 18.6. The van der Waals surface area contributed by atoms with Crippen molar-refractivity contribution in [1.82, 2.24) is 10.2 Å². The second-order valence-electron chi connectivity index (χ2n) is 12.9. The van der Waals surface area contributed by atoms with Gasteiger partial charge in [0.05, 0.1) is 0 Å². The number of hydrogen-bond donors (Lipinski definition) is 1. The summed E-state index contributed by atoms with van der Waals surface area (Å²) in [6.45, 7) is 13.4. The standard InChI is InChI=1S/C32H40BrN3O4/c1-21-19-23(33)12-15-25(21)36(26-9-8-18-35(27(26)37)28(38)30(2,3)4)24-13-10-22(11-14-24)20-32(16-17-32)34-29(39)40-31(5,6)7/h9-15,19H,8,16-18,20H2,1-7H3,(H,34,39). The summed E-state index contributed by atoms with van der Waals surface area (Å²) < 4.78 is 6.42. The number of halogens is 1.